The number of allylic oxidation sites excluding steroid dienone is 1. The standard InChI is InChI=1S/C53H49N7O7/c1-34(41-23-12-18-37-15-4-7-20-43(37)41)59-48(62)45-21-8-6-17-40(45)33-58-53(67)52(66)56-31-36(30-54)29-38-19-13-26-47-42(24-14-25-44(38)47)35(2)60-49(63)46-22-9-5-16-39(46)32-57-51(65)50(64)55-27-10-3-11-28-61/h3-9,11-26,28-29,34-35H,10,27,31-33H2,1-2H3,(H,55,64)(H,56,66)(H,57,65)(H,58,67)(H,59,62)(H,60,63)/b11-3+,36-29-/t34-,35-/m1/s1. The van der Waals surface area contributed by atoms with Gasteiger partial charge in [-0.3, -0.25) is 33.6 Å². The molecule has 0 radical (unpaired) electrons. The number of aldehydes is 1. The fraction of sp³-hybridized carbons (Fsp3) is 0.170. The lowest BCUT2D eigenvalue weighted by Gasteiger charge is -2.19. The third-order valence-electron chi connectivity index (χ3n) is 11.0. The minimum absolute atomic E-state index is 0.0756. The first-order valence-corrected chi connectivity index (χ1v) is 21.6. The van der Waals surface area contributed by atoms with Gasteiger partial charge >= 0.3 is 23.6 Å². The predicted octanol–water partition coefficient (Wildman–Crippen LogP) is 6.19. The zero-order valence-electron chi connectivity index (χ0n) is 36.9. The van der Waals surface area contributed by atoms with Crippen LogP contribution in [0.15, 0.2) is 145 Å². The molecule has 0 heterocycles. The lowest BCUT2D eigenvalue weighted by Crippen LogP contribution is -2.40. The molecule has 0 unspecified atom stereocenters. The Labute approximate surface area is 387 Å². The second-order valence-electron chi connectivity index (χ2n) is 15.5. The first-order chi connectivity index (χ1) is 32.5. The third kappa shape index (κ3) is 12.5. The van der Waals surface area contributed by atoms with Crippen molar-refractivity contribution in [2.24, 2.45) is 0 Å². The molecule has 338 valence electrons. The summed E-state index contributed by atoms with van der Waals surface area (Å²) in [5.41, 5.74) is 4.26. The summed E-state index contributed by atoms with van der Waals surface area (Å²) in [7, 11) is 0. The van der Waals surface area contributed by atoms with E-state index in [4.69, 9.17) is 0 Å². The molecule has 14 heteroatoms. The van der Waals surface area contributed by atoms with E-state index in [0.29, 0.717) is 40.5 Å². The number of amides is 6. The van der Waals surface area contributed by atoms with Gasteiger partial charge in [0.05, 0.1) is 24.7 Å². The van der Waals surface area contributed by atoms with Crippen molar-refractivity contribution in [3.05, 3.63) is 184 Å². The van der Waals surface area contributed by atoms with Crippen LogP contribution in [-0.2, 0) is 37.1 Å². The average Bonchev–Trinajstić information content (AvgIpc) is 3.35. The first-order valence-electron chi connectivity index (χ1n) is 21.6. The van der Waals surface area contributed by atoms with Crippen molar-refractivity contribution in [2.45, 2.75) is 45.4 Å². The summed E-state index contributed by atoms with van der Waals surface area (Å²) in [6, 6.07) is 39.8. The molecular formula is C53H49N7O7. The minimum atomic E-state index is -0.955. The van der Waals surface area contributed by atoms with Gasteiger partial charge in [0.25, 0.3) is 11.8 Å². The van der Waals surface area contributed by atoms with Gasteiger partial charge in [-0.2, -0.15) is 5.26 Å². The van der Waals surface area contributed by atoms with Crippen LogP contribution in [0.2, 0.25) is 0 Å². The summed E-state index contributed by atoms with van der Waals surface area (Å²) in [5.74, 6) is -4.33. The molecule has 6 aromatic carbocycles. The highest BCUT2D eigenvalue weighted by Gasteiger charge is 2.21. The molecule has 0 fully saturated rings. The van der Waals surface area contributed by atoms with Gasteiger partial charge in [-0.25, -0.2) is 0 Å². The van der Waals surface area contributed by atoms with Crippen LogP contribution in [-0.4, -0.2) is 54.8 Å². The van der Waals surface area contributed by atoms with Crippen LogP contribution in [0.5, 0.6) is 0 Å². The predicted molar refractivity (Wildman–Crippen MR) is 256 cm³/mol. The highest BCUT2D eigenvalue weighted by Crippen LogP contribution is 2.29. The Morgan fingerprint density at radius 2 is 1.06 bits per heavy atom. The van der Waals surface area contributed by atoms with Crippen LogP contribution in [0, 0.1) is 11.3 Å². The molecule has 67 heavy (non-hydrogen) atoms. The maximum atomic E-state index is 13.6. The second kappa shape index (κ2) is 23.3. The van der Waals surface area contributed by atoms with Crippen molar-refractivity contribution in [2.75, 3.05) is 13.1 Å². The van der Waals surface area contributed by atoms with Crippen molar-refractivity contribution in [1.82, 2.24) is 31.9 Å². The molecule has 0 aliphatic heterocycles. The van der Waals surface area contributed by atoms with E-state index < -0.39 is 35.6 Å². The lowest BCUT2D eigenvalue weighted by atomic mass is 9.95. The van der Waals surface area contributed by atoms with Crippen LogP contribution in [0.3, 0.4) is 0 Å². The molecule has 6 amide bonds. The number of hydrogen-bond donors (Lipinski definition) is 6. The summed E-state index contributed by atoms with van der Waals surface area (Å²) >= 11 is 0. The van der Waals surface area contributed by atoms with Crippen LogP contribution < -0.4 is 31.9 Å². The van der Waals surface area contributed by atoms with E-state index in [2.05, 4.69) is 38.0 Å². The van der Waals surface area contributed by atoms with E-state index in [1.165, 1.54) is 6.08 Å². The largest absolute Gasteiger partial charge is 0.348 e. The Kier molecular flexibility index (Phi) is 16.6. The van der Waals surface area contributed by atoms with E-state index in [1.807, 2.05) is 92.7 Å². The average molecular weight is 896 g/mol. The number of nitriles is 1. The third-order valence-corrected chi connectivity index (χ3v) is 11.0. The molecule has 6 rings (SSSR count). The molecule has 2 atom stereocenters. The molecular weight excluding hydrogens is 847 g/mol. The normalized spacial score (nSPS) is 12.0. The zero-order chi connectivity index (χ0) is 47.7. The fourth-order valence-corrected chi connectivity index (χ4v) is 7.57. The number of nitrogens with zero attached hydrogens (tertiary/aromatic N) is 1. The van der Waals surface area contributed by atoms with Gasteiger partial charge in [0.1, 0.15) is 6.29 Å². The smallest absolute Gasteiger partial charge is 0.309 e. The Bertz CT molecular complexity index is 2950. The van der Waals surface area contributed by atoms with Crippen molar-refractivity contribution in [3.8, 4) is 6.07 Å². The minimum Gasteiger partial charge on any atom is -0.348 e. The van der Waals surface area contributed by atoms with Crippen molar-refractivity contribution >= 4 is 69.4 Å². The van der Waals surface area contributed by atoms with Crippen LogP contribution in [0.25, 0.3) is 27.6 Å². The molecule has 6 N–H and O–H groups in total. The molecule has 0 spiro atoms. The Balaban J connectivity index is 1.05. The Morgan fingerprint density at radius 1 is 0.567 bits per heavy atom. The van der Waals surface area contributed by atoms with E-state index in [9.17, 15) is 38.8 Å². The molecule has 0 bridgehead atoms. The maximum absolute atomic E-state index is 13.6. The number of fused-ring (bicyclic) bond motifs is 2. The van der Waals surface area contributed by atoms with Gasteiger partial charge in [0.2, 0.25) is 0 Å². The molecule has 0 aliphatic rings. The number of nitrogens with one attached hydrogen (secondary N) is 6. The van der Waals surface area contributed by atoms with E-state index in [0.717, 1.165) is 32.7 Å². The van der Waals surface area contributed by atoms with Crippen molar-refractivity contribution in [1.29, 1.82) is 5.26 Å². The van der Waals surface area contributed by atoms with E-state index >= 15 is 0 Å². The number of hydrogen-bond acceptors (Lipinski definition) is 8. The van der Waals surface area contributed by atoms with Gasteiger partial charge in [0, 0.05) is 36.3 Å². The van der Waals surface area contributed by atoms with Gasteiger partial charge in [-0.05, 0) is 93.9 Å². The summed E-state index contributed by atoms with van der Waals surface area (Å²) in [5, 5.41) is 29.9. The molecule has 0 aromatic heterocycles. The van der Waals surface area contributed by atoms with Gasteiger partial charge in [0.15, 0.2) is 0 Å². The summed E-state index contributed by atoms with van der Waals surface area (Å²) in [6.07, 6.45) is 5.49. The van der Waals surface area contributed by atoms with Crippen molar-refractivity contribution < 1.29 is 33.6 Å². The SMILES string of the molecule is C[C@@H](NC(=O)c1ccccc1CNC(=O)C(=O)NC/C(C#N)=C\c1cccc2c([C@@H](C)NC(=O)c3ccccc3CNC(=O)C(=O)NCC/C=C/C=O)cccc12)c1cccc2ccccc12. The molecule has 0 saturated carbocycles. The highest BCUT2D eigenvalue weighted by atomic mass is 16.2. The van der Waals surface area contributed by atoms with Crippen LogP contribution in [0.1, 0.15) is 80.9 Å². The van der Waals surface area contributed by atoms with Gasteiger partial charge in [-0.1, -0.05) is 121 Å². The van der Waals surface area contributed by atoms with Crippen LogP contribution >= 0.6 is 0 Å². The lowest BCUT2D eigenvalue weighted by molar-refractivity contribution is -0.139. The summed E-state index contributed by atoms with van der Waals surface area (Å²) in [4.78, 5) is 88.0. The quantitative estimate of drug-likeness (QED) is 0.0204. The Morgan fingerprint density at radius 3 is 1.69 bits per heavy atom. The summed E-state index contributed by atoms with van der Waals surface area (Å²) in [6.45, 7) is 3.51. The summed E-state index contributed by atoms with van der Waals surface area (Å²) < 4.78 is 0. The number of carbonyl (C=O) groups excluding carboxylic acids is 7. The molecule has 6 aromatic rings. The van der Waals surface area contributed by atoms with Crippen molar-refractivity contribution in [3.63, 3.8) is 0 Å². The maximum Gasteiger partial charge on any atom is 0.309 e. The molecule has 0 saturated heterocycles. The van der Waals surface area contributed by atoms with E-state index in [-0.39, 0.29) is 43.7 Å². The fourth-order valence-electron chi connectivity index (χ4n) is 7.57. The topological polar surface area (TPSA) is 215 Å². The number of carbonyl (C=O) groups is 7. The number of benzene rings is 6. The second-order valence-corrected chi connectivity index (χ2v) is 15.5. The van der Waals surface area contributed by atoms with Crippen LogP contribution in [0.4, 0.5) is 0 Å². The molecule has 0 aliphatic carbocycles. The molecule has 14 nitrogen and oxygen atoms in total. The monoisotopic (exact) mass is 895 g/mol. The zero-order valence-corrected chi connectivity index (χ0v) is 36.9. The highest BCUT2D eigenvalue weighted by molar-refractivity contribution is 6.35. The number of rotatable bonds is 17. The van der Waals surface area contributed by atoms with Gasteiger partial charge in [-0.15, -0.1) is 0 Å². The van der Waals surface area contributed by atoms with E-state index in [1.54, 1.807) is 60.7 Å². The first kappa shape index (κ1) is 47.8. The Hall–Kier alpha value is -8.70. The van der Waals surface area contributed by atoms with Gasteiger partial charge < -0.3 is 31.9 Å².